The molecule has 0 aliphatic heterocycles. The molecule has 0 aliphatic rings. The number of benzene rings is 1. The highest BCUT2D eigenvalue weighted by atomic mass is 35.5. The molecule has 0 amide bonds. The molecule has 0 spiro atoms. The lowest BCUT2D eigenvalue weighted by atomic mass is 10.2. The molecule has 0 heterocycles. The number of hydrogen-bond acceptors (Lipinski definition) is 4. The van der Waals surface area contributed by atoms with Crippen LogP contribution in [-0.2, 0) is 6.54 Å². The Hall–Kier alpha value is -0.970. The topological polar surface area (TPSA) is 33.7 Å². The number of hydrogen-bond donors (Lipinski definition) is 1. The van der Waals surface area contributed by atoms with Crippen LogP contribution in [0.5, 0.6) is 11.5 Å². The monoisotopic (exact) mass is 300 g/mol. The third-order valence-corrected chi connectivity index (χ3v) is 3.55. The van der Waals surface area contributed by atoms with E-state index in [0.717, 1.165) is 37.5 Å². The Kier molecular flexibility index (Phi) is 7.73. The van der Waals surface area contributed by atoms with Crippen molar-refractivity contribution in [3.05, 3.63) is 22.7 Å². The molecule has 5 heteroatoms. The van der Waals surface area contributed by atoms with Gasteiger partial charge in [-0.15, -0.1) is 0 Å². The molecule has 4 nitrogen and oxygen atoms in total. The number of ether oxygens (including phenoxy) is 2. The van der Waals surface area contributed by atoms with E-state index in [-0.39, 0.29) is 0 Å². The maximum absolute atomic E-state index is 6.09. The van der Waals surface area contributed by atoms with Gasteiger partial charge in [0.25, 0.3) is 0 Å². The van der Waals surface area contributed by atoms with Gasteiger partial charge in [0.1, 0.15) is 0 Å². The molecule has 0 unspecified atom stereocenters. The minimum absolute atomic E-state index is 0.656. The van der Waals surface area contributed by atoms with E-state index < -0.39 is 0 Å². The van der Waals surface area contributed by atoms with Crippen molar-refractivity contribution in [3.63, 3.8) is 0 Å². The summed E-state index contributed by atoms with van der Waals surface area (Å²) in [6, 6.07) is 3.67. The number of nitrogens with zero attached hydrogens (tertiary/aromatic N) is 1. The van der Waals surface area contributed by atoms with Gasteiger partial charge in [-0.2, -0.15) is 0 Å². The fourth-order valence-corrected chi connectivity index (χ4v) is 2.37. The van der Waals surface area contributed by atoms with Crippen LogP contribution in [0, 0.1) is 0 Å². The van der Waals surface area contributed by atoms with Crippen molar-refractivity contribution in [2.45, 2.75) is 20.4 Å². The summed E-state index contributed by atoms with van der Waals surface area (Å²) in [5, 5.41) is 4.07. The van der Waals surface area contributed by atoms with Gasteiger partial charge >= 0.3 is 0 Å². The van der Waals surface area contributed by atoms with Gasteiger partial charge in [0.15, 0.2) is 11.5 Å². The lowest BCUT2D eigenvalue weighted by Gasteiger charge is -2.18. The van der Waals surface area contributed by atoms with Crippen molar-refractivity contribution in [2.75, 3.05) is 40.4 Å². The maximum Gasteiger partial charge on any atom is 0.165 e. The van der Waals surface area contributed by atoms with Crippen LogP contribution in [0.4, 0.5) is 0 Å². The van der Waals surface area contributed by atoms with Crippen LogP contribution in [0.25, 0.3) is 0 Å². The Bertz CT molecular complexity index is 409. The molecule has 1 N–H and O–H groups in total. The molecule has 0 aliphatic carbocycles. The summed E-state index contributed by atoms with van der Waals surface area (Å²) >= 11 is 6.09. The van der Waals surface area contributed by atoms with Gasteiger partial charge in [0.2, 0.25) is 0 Å². The smallest absolute Gasteiger partial charge is 0.165 e. The summed E-state index contributed by atoms with van der Waals surface area (Å²) in [6.07, 6.45) is 0. The van der Waals surface area contributed by atoms with Gasteiger partial charge in [-0.25, -0.2) is 0 Å². The first-order valence-electron chi connectivity index (χ1n) is 6.99. The van der Waals surface area contributed by atoms with Crippen LogP contribution in [0.2, 0.25) is 5.02 Å². The third-order valence-electron chi connectivity index (χ3n) is 3.34. The van der Waals surface area contributed by atoms with Gasteiger partial charge in [-0.3, -0.25) is 0 Å². The average molecular weight is 301 g/mol. The first-order chi connectivity index (χ1) is 9.65. The Balaban J connectivity index is 2.61. The minimum Gasteiger partial charge on any atom is -0.493 e. The van der Waals surface area contributed by atoms with E-state index in [4.69, 9.17) is 21.1 Å². The van der Waals surface area contributed by atoms with Crippen LogP contribution in [0.15, 0.2) is 12.1 Å². The highest BCUT2D eigenvalue weighted by Gasteiger charge is 2.11. The molecule has 1 aromatic rings. The Morgan fingerprint density at radius 1 is 1.15 bits per heavy atom. The number of nitrogens with one attached hydrogen (secondary N) is 1. The average Bonchev–Trinajstić information content (AvgIpc) is 2.46. The van der Waals surface area contributed by atoms with Gasteiger partial charge in [-0.05, 0) is 19.2 Å². The number of likely N-dealkylation sites (N-methyl/N-ethyl adjacent to an activating group) is 1. The predicted molar refractivity (Wildman–Crippen MR) is 84.1 cm³/mol. The molecule has 0 atom stereocenters. The van der Waals surface area contributed by atoms with E-state index in [1.165, 1.54) is 0 Å². The van der Waals surface area contributed by atoms with E-state index in [2.05, 4.69) is 24.1 Å². The predicted octanol–water partition coefficient (Wildman–Crippen LogP) is 2.79. The Morgan fingerprint density at radius 3 is 2.40 bits per heavy atom. The lowest BCUT2D eigenvalue weighted by Crippen LogP contribution is -2.31. The summed E-state index contributed by atoms with van der Waals surface area (Å²) in [5.41, 5.74) is 1.01. The van der Waals surface area contributed by atoms with Crippen molar-refractivity contribution >= 4 is 11.6 Å². The van der Waals surface area contributed by atoms with Crippen molar-refractivity contribution in [3.8, 4) is 11.5 Å². The van der Waals surface area contributed by atoms with Crippen molar-refractivity contribution in [1.29, 1.82) is 0 Å². The van der Waals surface area contributed by atoms with Crippen molar-refractivity contribution in [1.82, 2.24) is 10.2 Å². The molecule has 0 aromatic heterocycles. The molecule has 0 saturated carbocycles. The largest absolute Gasteiger partial charge is 0.493 e. The van der Waals surface area contributed by atoms with Crippen molar-refractivity contribution in [2.24, 2.45) is 0 Å². The van der Waals surface area contributed by atoms with Crippen LogP contribution < -0.4 is 14.8 Å². The highest BCUT2D eigenvalue weighted by Crippen LogP contribution is 2.34. The molecule has 114 valence electrons. The zero-order valence-corrected chi connectivity index (χ0v) is 13.6. The highest BCUT2D eigenvalue weighted by molar-refractivity contribution is 6.30. The Morgan fingerprint density at radius 2 is 1.85 bits per heavy atom. The first-order valence-corrected chi connectivity index (χ1v) is 7.37. The fraction of sp³-hybridized carbons (Fsp3) is 0.600. The molecular formula is C15H25ClN2O2. The second kappa shape index (κ2) is 9.06. The molecule has 0 radical (unpaired) electrons. The number of methoxy groups -OCH3 is 2. The summed E-state index contributed by atoms with van der Waals surface area (Å²) in [6.45, 7) is 9.18. The van der Waals surface area contributed by atoms with Crippen molar-refractivity contribution < 1.29 is 9.47 Å². The molecule has 1 rings (SSSR count). The summed E-state index contributed by atoms with van der Waals surface area (Å²) < 4.78 is 10.7. The van der Waals surface area contributed by atoms with Crippen LogP contribution in [0.3, 0.4) is 0 Å². The summed E-state index contributed by atoms with van der Waals surface area (Å²) in [5.74, 6) is 1.41. The van der Waals surface area contributed by atoms with Crippen LogP contribution in [0.1, 0.15) is 19.4 Å². The van der Waals surface area contributed by atoms with E-state index in [9.17, 15) is 0 Å². The lowest BCUT2D eigenvalue weighted by molar-refractivity contribution is 0.301. The molecule has 1 aromatic carbocycles. The van der Waals surface area contributed by atoms with Gasteiger partial charge < -0.3 is 19.7 Å². The Labute approximate surface area is 127 Å². The zero-order chi connectivity index (χ0) is 15.0. The number of halogens is 1. The van der Waals surface area contributed by atoms with E-state index in [0.29, 0.717) is 17.3 Å². The second-order valence-electron chi connectivity index (χ2n) is 4.50. The zero-order valence-electron chi connectivity index (χ0n) is 12.8. The second-order valence-corrected chi connectivity index (χ2v) is 4.94. The molecule has 20 heavy (non-hydrogen) atoms. The quantitative estimate of drug-likeness (QED) is 0.711. The summed E-state index contributed by atoms with van der Waals surface area (Å²) in [4.78, 5) is 2.38. The number of rotatable bonds is 9. The molecular weight excluding hydrogens is 276 g/mol. The fourth-order valence-electron chi connectivity index (χ4n) is 2.14. The normalized spacial score (nSPS) is 10.9. The third kappa shape index (κ3) is 4.85. The molecule has 0 fully saturated rings. The van der Waals surface area contributed by atoms with E-state index >= 15 is 0 Å². The molecule has 0 saturated heterocycles. The molecule has 0 bridgehead atoms. The standard InChI is InChI=1S/C15H25ClN2O2/c1-5-18(6-2)8-7-17-11-12-9-13(16)10-14(19-3)15(12)20-4/h9-10,17H,5-8,11H2,1-4H3. The summed E-state index contributed by atoms with van der Waals surface area (Å²) in [7, 11) is 3.26. The van der Waals surface area contributed by atoms with E-state index in [1.807, 2.05) is 6.07 Å². The SMILES string of the molecule is CCN(CC)CCNCc1cc(Cl)cc(OC)c1OC. The maximum atomic E-state index is 6.09. The van der Waals surface area contributed by atoms with E-state index in [1.54, 1.807) is 20.3 Å². The van der Waals surface area contributed by atoms with Gasteiger partial charge in [0, 0.05) is 36.3 Å². The minimum atomic E-state index is 0.656. The van der Waals surface area contributed by atoms with Crippen LogP contribution in [-0.4, -0.2) is 45.3 Å². The van der Waals surface area contributed by atoms with Gasteiger partial charge in [-0.1, -0.05) is 25.4 Å². The first kappa shape index (κ1) is 17.1. The van der Waals surface area contributed by atoms with Gasteiger partial charge in [0.05, 0.1) is 14.2 Å². The van der Waals surface area contributed by atoms with Crippen LogP contribution >= 0.6 is 11.6 Å².